The first-order valence-electron chi connectivity index (χ1n) is 11.5. The molecular weight excluding hydrogens is 565 g/mol. The van der Waals surface area contributed by atoms with E-state index in [2.05, 4.69) is 78.6 Å². The van der Waals surface area contributed by atoms with E-state index in [0.29, 0.717) is 31.6 Å². The van der Waals surface area contributed by atoms with Crippen LogP contribution in [0.15, 0.2) is 42.5 Å². The molecule has 33 heavy (non-hydrogen) atoms. The molecule has 182 valence electrons. The first-order chi connectivity index (χ1) is 15.8. The van der Waals surface area contributed by atoms with Crippen LogP contribution in [-0.4, -0.2) is 66.3 Å². The molecule has 4 nitrogen and oxygen atoms in total. The minimum atomic E-state index is -0.473. The van der Waals surface area contributed by atoms with Gasteiger partial charge in [0, 0.05) is 48.4 Å². The second-order valence-electron chi connectivity index (χ2n) is 9.24. The lowest BCUT2D eigenvalue weighted by Gasteiger charge is -2.28. The fourth-order valence-electron chi connectivity index (χ4n) is 3.74. The van der Waals surface area contributed by atoms with Gasteiger partial charge in [-0.25, -0.2) is 0 Å². The molecule has 3 rings (SSSR count). The molecule has 1 saturated heterocycles. The zero-order valence-corrected chi connectivity index (χ0v) is 23.5. The quantitative estimate of drug-likeness (QED) is 0.267. The monoisotopic (exact) mass is 599 g/mol. The number of nitrogens with zero attached hydrogens (tertiary/aromatic N) is 1. The summed E-state index contributed by atoms with van der Waals surface area (Å²) in [6, 6.07) is 14.6. The van der Waals surface area contributed by atoms with Crippen LogP contribution in [0.25, 0.3) is 0 Å². The van der Waals surface area contributed by atoms with E-state index in [0.717, 1.165) is 39.7 Å². The van der Waals surface area contributed by atoms with Crippen LogP contribution in [0.2, 0.25) is 0 Å². The summed E-state index contributed by atoms with van der Waals surface area (Å²) in [5, 5.41) is 10.3. The second-order valence-corrected chi connectivity index (χ2v) is 11.9. The summed E-state index contributed by atoms with van der Waals surface area (Å²) < 4.78 is 12.9. The van der Waals surface area contributed by atoms with Crippen LogP contribution in [-0.2, 0) is 5.41 Å². The highest BCUT2D eigenvalue weighted by molar-refractivity contribution is 14.1. The summed E-state index contributed by atoms with van der Waals surface area (Å²) in [6.07, 6.45) is -0.473. The molecule has 1 aliphatic heterocycles. The van der Waals surface area contributed by atoms with Gasteiger partial charge < -0.3 is 14.6 Å². The Balaban J connectivity index is 1.57. The van der Waals surface area contributed by atoms with Crippen molar-refractivity contribution in [3.05, 3.63) is 57.2 Å². The number of rotatable bonds is 11. The Labute approximate surface area is 221 Å². The standard InChI is InChI=1S/C26H35ClINO3S/c1-19(15-27)17-32-25-9-6-21(14-24(25)28)26(2,3)20-4-7-23(8-5-20)31-18-22(30)16-29-10-12-33-13-11-29/h4-9,14,19,22,30H,10-13,15-18H2,1-3H3/t19-,22-/m0/s1/i28-4. The number of hydrogen-bond acceptors (Lipinski definition) is 5. The number of thioether (sulfide) groups is 1. The highest BCUT2D eigenvalue weighted by Crippen LogP contribution is 2.35. The number of hydrogen-bond donors (Lipinski definition) is 1. The third kappa shape index (κ3) is 7.92. The minimum absolute atomic E-state index is 0.161. The van der Waals surface area contributed by atoms with Crippen molar-refractivity contribution in [1.29, 1.82) is 0 Å². The maximum Gasteiger partial charge on any atom is 0.132 e. The van der Waals surface area contributed by atoms with E-state index >= 15 is 0 Å². The lowest BCUT2D eigenvalue weighted by Crippen LogP contribution is -2.40. The van der Waals surface area contributed by atoms with Crippen molar-refractivity contribution in [2.75, 3.05) is 50.2 Å². The highest BCUT2D eigenvalue weighted by Gasteiger charge is 2.24. The Morgan fingerprint density at radius 1 is 1.06 bits per heavy atom. The molecule has 0 bridgehead atoms. The van der Waals surface area contributed by atoms with Gasteiger partial charge in [-0.3, -0.25) is 4.90 Å². The van der Waals surface area contributed by atoms with Crippen molar-refractivity contribution < 1.29 is 14.6 Å². The molecule has 0 spiro atoms. The van der Waals surface area contributed by atoms with Gasteiger partial charge in [0.05, 0.1) is 10.2 Å². The van der Waals surface area contributed by atoms with Gasteiger partial charge in [0.1, 0.15) is 24.2 Å². The minimum Gasteiger partial charge on any atom is -0.492 e. The van der Waals surface area contributed by atoms with Gasteiger partial charge in [-0.15, -0.1) is 11.6 Å². The largest absolute Gasteiger partial charge is 0.492 e. The number of halogens is 2. The molecule has 0 unspecified atom stereocenters. The second kappa shape index (κ2) is 12.9. The summed E-state index contributed by atoms with van der Waals surface area (Å²) in [5.74, 6) is 4.90. The molecule has 2 aromatic carbocycles. The average molecular weight is 600 g/mol. The number of ether oxygens (including phenoxy) is 2. The molecule has 2 aromatic rings. The zero-order chi connectivity index (χ0) is 23.8. The fraction of sp³-hybridized carbons (Fsp3) is 0.538. The number of aliphatic hydroxyl groups excluding tert-OH is 1. The van der Waals surface area contributed by atoms with E-state index in [9.17, 15) is 5.11 Å². The van der Waals surface area contributed by atoms with Crippen molar-refractivity contribution in [3.8, 4) is 11.5 Å². The van der Waals surface area contributed by atoms with Crippen LogP contribution in [0.1, 0.15) is 31.9 Å². The van der Waals surface area contributed by atoms with Gasteiger partial charge in [0.15, 0.2) is 0 Å². The van der Waals surface area contributed by atoms with Crippen LogP contribution in [0.5, 0.6) is 11.5 Å². The number of β-amino-alcohol motifs (C(OH)–C–C–N with tert-alkyl or cyclic N) is 1. The van der Waals surface area contributed by atoms with Crippen molar-refractivity contribution in [1.82, 2.24) is 4.90 Å². The fourth-order valence-corrected chi connectivity index (χ4v) is 5.48. The summed E-state index contributed by atoms with van der Waals surface area (Å²) in [4.78, 5) is 2.31. The molecular formula is C26H35ClINO3S. The molecule has 0 radical (unpaired) electrons. The Kier molecular flexibility index (Phi) is 10.5. The van der Waals surface area contributed by atoms with Crippen molar-refractivity contribution in [2.24, 2.45) is 5.92 Å². The first kappa shape index (κ1) is 26.9. The van der Waals surface area contributed by atoms with Gasteiger partial charge in [-0.1, -0.05) is 39.0 Å². The third-order valence-corrected chi connectivity index (χ3v) is 8.34. The van der Waals surface area contributed by atoms with Crippen molar-refractivity contribution in [2.45, 2.75) is 32.3 Å². The molecule has 1 fully saturated rings. The normalized spacial score (nSPS) is 16.9. The van der Waals surface area contributed by atoms with E-state index in [1.165, 1.54) is 11.1 Å². The number of aliphatic hydroxyl groups is 1. The highest BCUT2D eigenvalue weighted by atomic mass is 123. The maximum atomic E-state index is 10.3. The smallest absolute Gasteiger partial charge is 0.132 e. The molecule has 0 aliphatic carbocycles. The van der Waals surface area contributed by atoms with Gasteiger partial charge in [0.25, 0.3) is 0 Å². The van der Waals surface area contributed by atoms with Crippen LogP contribution >= 0.6 is 46.0 Å². The van der Waals surface area contributed by atoms with Gasteiger partial charge in [-0.05, 0) is 58.0 Å². The van der Waals surface area contributed by atoms with E-state index < -0.39 is 6.10 Å². The summed E-state index contributed by atoms with van der Waals surface area (Å²) in [5.41, 5.74) is 2.28. The van der Waals surface area contributed by atoms with Gasteiger partial charge in [-0.2, -0.15) is 11.8 Å². The van der Waals surface area contributed by atoms with Crippen molar-refractivity contribution >= 4 is 46.0 Å². The lowest BCUT2D eigenvalue weighted by atomic mass is 9.78. The van der Waals surface area contributed by atoms with E-state index in [-0.39, 0.29) is 5.41 Å². The molecule has 0 amide bonds. The van der Waals surface area contributed by atoms with Gasteiger partial charge >= 0.3 is 0 Å². The molecule has 1 aliphatic rings. The van der Waals surface area contributed by atoms with Crippen LogP contribution < -0.4 is 9.47 Å². The van der Waals surface area contributed by atoms with Crippen LogP contribution in [0.3, 0.4) is 0 Å². The average Bonchev–Trinajstić information content (AvgIpc) is 2.82. The zero-order valence-electron chi connectivity index (χ0n) is 19.7. The van der Waals surface area contributed by atoms with E-state index in [1.54, 1.807) is 0 Å². The molecule has 0 aromatic heterocycles. The number of benzene rings is 2. The van der Waals surface area contributed by atoms with Crippen LogP contribution in [0.4, 0.5) is 0 Å². The summed E-state index contributed by atoms with van der Waals surface area (Å²) >= 11 is 10.2. The SMILES string of the molecule is C[C@@H](CCl)COc1ccc(C(C)(C)c2ccc(OC[C@@H](O)CN3CCSCC3)cc2)cc1[123I]. The Bertz CT molecular complexity index is 874. The van der Waals surface area contributed by atoms with E-state index in [1.807, 2.05) is 23.9 Å². The molecule has 7 heteroatoms. The summed E-state index contributed by atoms with van der Waals surface area (Å²) in [6.45, 7) is 10.2. The lowest BCUT2D eigenvalue weighted by molar-refractivity contribution is 0.0715. The predicted octanol–water partition coefficient (Wildman–Crippen LogP) is 5.66. The molecule has 1 N–H and O–H groups in total. The maximum absolute atomic E-state index is 10.3. The molecule has 1 heterocycles. The molecule has 0 saturated carbocycles. The predicted molar refractivity (Wildman–Crippen MR) is 148 cm³/mol. The Hall–Kier alpha value is -0.670. The summed E-state index contributed by atoms with van der Waals surface area (Å²) in [7, 11) is 0. The Morgan fingerprint density at radius 2 is 1.73 bits per heavy atom. The van der Waals surface area contributed by atoms with Crippen molar-refractivity contribution in [3.63, 3.8) is 0 Å². The molecule has 2 atom stereocenters. The van der Waals surface area contributed by atoms with Crippen LogP contribution in [0, 0.1) is 9.49 Å². The third-order valence-electron chi connectivity index (χ3n) is 6.03. The van der Waals surface area contributed by atoms with E-state index in [4.69, 9.17) is 21.1 Å². The number of alkyl halides is 1. The Morgan fingerprint density at radius 3 is 2.36 bits per heavy atom. The first-order valence-corrected chi connectivity index (χ1v) is 14.3. The topological polar surface area (TPSA) is 41.9 Å². The van der Waals surface area contributed by atoms with Gasteiger partial charge in [0.2, 0.25) is 0 Å².